The molecule has 0 spiro atoms. The van der Waals surface area contributed by atoms with Gasteiger partial charge in [-0.25, -0.2) is 4.39 Å². The van der Waals surface area contributed by atoms with Crippen LogP contribution in [0, 0.1) is 18.7 Å². The average Bonchev–Trinajstić information content (AvgIpc) is 2.88. The standard InChI is InChI=1S/C17H24FN3O3S/c1-12-4-6-14(18)8-16(12)17(22)21-10-13-5-7-15(21)11-20(9-13)25(23,24)19(2)3/h4,6,8,13,15H,5,7,9-11H2,1-3H3. The molecule has 3 heterocycles. The first-order valence-electron chi connectivity index (χ1n) is 8.45. The molecule has 2 unspecified atom stereocenters. The normalized spacial score (nSPS) is 24.6. The Hall–Kier alpha value is -1.51. The van der Waals surface area contributed by atoms with E-state index >= 15 is 0 Å². The van der Waals surface area contributed by atoms with Gasteiger partial charge in [0.25, 0.3) is 16.1 Å². The number of nitrogens with zero attached hydrogens (tertiary/aromatic N) is 3. The van der Waals surface area contributed by atoms with Gasteiger partial charge in [0.15, 0.2) is 0 Å². The van der Waals surface area contributed by atoms with E-state index in [-0.39, 0.29) is 24.4 Å². The van der Waals surface area contributed by atoms with Gasteiger partial charge >= 0.3 is 0 Å². The van der Waals surface area contributed by atoms with Crippen molar-refractivity contribution in [1.82, 2.24) is 13.5 Å². The summed E-state index contributed by atoms with van der Waals surface area (Å²) in [5, 5.41) is 0. The first-order chi connectivity index (χ1) is 11.7. The number of hydrogen-bond acceptors (Lipinski definition) is 3. The van der Waals surface area contributed by atoms with Crippen LogP contribution in [0.25, 0.3) is 0 Å². The monoisotopic (exact) mass is 369 g/mol. The largest absolute Gasteiger partial charge is 0.334 e. The lowest BCUT2D eigenvalue weighted by Gasteiger charge is -2.36. The van der Waals surface area contributed by atoms with Crippen LogP contribution < -0.4 is 0 Å². The van der Waals surface area contributed by atoms with E-state index in [9.17, 15) is 17.6 Å². The molecule has 1 aromatic carbocycles. The molecular weight excluding hydrogens is 345 g/mol. The number of fused-ring (bicyclic) bond motifs is 4. The molecule has 3 saturated heterocycles. The summed E-state index contributed by atoms with van der Waals surface area (Å²) in [6, 6.07) is 4.03. The lowest BCUT2D eigenvalue weighted by molar-refractivity contribution is 0.0587. The highest BCUT2D eigenvalue weighted by atomic mass is 32.2. The Morgan fingerprint density at radius 3 is 2.60 bits per heavy atom. The van der Waals surface area contributed by atoms with Crippen molar-refractivity contribution in [2.75, 3.05) is 33.7 Å². The fraction of sp³-hybridized carbons (Fsp3) is 0.588. The summed E-state index contributed by atoms with van der Waals surface area (Å²) in [6.07, 6.45) is 1.67. The van der Waals surface area contributed by atoms with Crippen molar-refractivity contribution in [3.8, 4) is 0 Å². The molecule has 1 aromatic rings. The van der Waals surface area contributed by atoms with Crippen LogP contribution in [0.4, 0.5) is 4.39 Å². The summed E-state index contributed by atoms with van der Waals surface area (Å²) in [6.45, 7) is 3.00. The number of piperidine rings is 1. The number of rotatable bonds is 3. The minimum Gasteiger partial charge on any atom is -0.334 e. The van der Waals surface area contributed by atoms with Gasteiger partial charge in [-0.3, -0.25) is 4.79 Å². The van der Waals surface area contributed by atoms with E-state index in [0.717, 1.165) is 18.4 Å². The van der Waals surface area contributed by atoms with Crippen LogP contribution in [-0.4, -0.2) is 67.6 Å². The highest BCUT2D eigenvalue weighted by Crippen LogP contribution is 2.31. The molecule has 2 bridgehead atoms. The highest BCUT2D eigenvalue weighted by molar-refractivity contribution is 7.86. The summed E-state index contributed by atoms with van der Waals surface area (Å²) >= 11 is 0. The number of benzene rings is 1. The molecule has 2 atom stereocenters. The molecule has 6 nitrogen and oxygen atoms in total. The summed E-state index contributed by atoms with van der Waals surface area (Å²) in [7, 11) is -0.479. The molecule has 4 rings (SSSR count). The number of halogens is 1. The van der Waals surface area contributed by atoms with Crippen molar-refractivity contribution in [2.24, 2.45) is 5.92 Å². The van der Waals surface area contributed by atoms with Gasteiger partial charge in [0.1, 0.15) is 5.82 Å². The van der Waals surface area contributed by atoms with E-state index in [1.807, 2.05) is 0 Å². The number of amides is 1. The van der Waals surface area contributed by atoms with Gasteiger partial charge in [0.2, 0.25) is 0 Å². The van der Waals surface area contributed by atoms with Crippen LogP contribution in [0.15, 0.2) is 18.2 Å². The second-order valence-electron chi connectivity index (χ2n) is 7.12. The summed E-state index contributed by atoms with van der Waals surface area (Å²) in [4.78, 5) is 14.7. The molecule has 25 heavy (non-hydrogen) atoms. The number of aryl methyl sites for hydroxylation is 1. The molecule has 138 valence electrons. The van der Waals surface area contributed by atoms with E-state index < -0.39 is 16.0 Å². The van der Waals surface area contributed by atoms with Crippen molar-refractivity contribution < 1.29 is 17.6 Å². The zero-order valence-electron chi connectivity index (χ0n) is 14.8. The van der Waals surface area contributed by atoms with E-state index in [1.54, 1.807) is 17.9 Å². The zero-order valence-corrected chi connectivity index (χ0v) is 15.6. The van der Waals surface area contributed by atoms with Crippen LogP contribution in [0.3, 0.4) is 0 Å². The fourth-order valence-corrected chi connectivity index (χ4v) is 4.91. The molecule has 0 radical (unpaired) electrons. The predicted octanol–water partition coefficient (Wildman–Crippen LogP) is 1.48. The third kappa shape index (κ3) is 3.43. The van der Waals surface area contributed by atoms with Gasteiger partial charge < -0.3 is 4.90 Å². The van der Waals surface area contributed by atoms with Crippen molar-refractivity contribution in [3.05, 3.63) is 35.1 Å². The topological polar surface area (TPSA) is 60.9 Å². The van der Waals surface area contributed by atoms with Crippen LogP contribution in [-0.2, 0) is 10.2 Å². The average molecular weight is 369 g/mol. The van der Waals surface area contributed by atoms with E-state index in [4.69, 9.17) is 0 Å². The first-order valence-corrected chi connectivity index (χ1v) is 9.84. The van der Waals surface area contributed by atoms with Gasteiger partial charge in [-0.1, -0.05) is 6.07 Å². The Morgan fingerprint density at radius 1 is 1.20 bits per heavy atom. The Labute approximate surface area is 148 Å². The second-order valence-corrected chi connectivity index (χ2v) is 9.26. The molecule has 3 fully saturated rings. The molecule has 0 aliphatic carbocycles. The maximum atomic E-state index is 13.6. The Balaban J connectivity index is 1.88. The van der Waals surface area contributed by atoms with E-state index in [0.29, 0.717) is 18.7 Å². The minimum atomic E-state index is -3.51. The molecule has 3 aliphatic heterocycles. The van der Waals surface area contributed by atoms with Gasteiger partial charge in [-0.05, 0) is 43.4 Å². The SMILES string of the molecule is Cc1ccc(F)cc1C(=O)N1CC2CCC1CN(S(=O)(=O)N(C)C)C2. The first kappa shape index (κ1) is 18.3. The molecule has 0 N–H and O–H groups in total. The minimum absolute atomic E-state index is 0.103. The summed E-state index contributed by atoms with van der Waals surface area (Å²) < 4.78 is 41.3. The number of carbonyl (C=O) groups excluding carboxylic acids is 1. The van der Waals surface area contributed by atoms with E-state index in [1.165, 1.54) is 34.8 Å². The zero-order chi connectivity index (χ0) is 18.4. The smallest absolute Gasteiger partial charge is 0.281 e. The van der Waals surface area contributed by atoms with Crippen LogP contribution >= 0.6 is 0 Å². The van der Waals surface area contributed by atoms with Crippen LogP contribution in [0.5, 0.6) is 0 Å². The molecule has 3 aliphatic rings. The summed E-state index contributed by atoms with van der Waals surface area (Å²) in [5.74, 6) is -0.548. The quantitative estimate of drug-likeness (QED) is 0.811. The molecule has 1 amide bonds. The van der Waals surface area contributed by atoms with Crippen molar-refractivity contribution in [3.63, 3.8) is 0 Å². The lowest BCUT2D eigenvalue weighted by Crippen LogP contribution is -2.48. The maximum Gasteiger partial charge on any atom is 0.281 e. The molecular formula is C17H24FN3O3S. The molecule has 0 saturated carbocycles. The number of carbonyl (C=O) groups is 1. The molecule has 8 heteroatoms. The van der Waals surface area contributed by atoms with Gasteiger partial charge in [0, 0.05) is 45.3 Å². The Bertz CT molecular complexity index is 781. The van der Waals surface area contributed by atoms with Gasteiger partial charge in [-0.2, -0.15) is 17.0 Å². The van der Waals surface area contributed by atoms with Gasteiger partial charge in [0.05, 0.1) is 0 Å². The Morgan fingerprint density at radius 2 is 1.92 bits per heavy atom. The summed E-state index contributed by atoms with van der Waals surface area (Å²) in [5.41, 5.74) is 1.08. The Kier molecular flexibility index (Phi) is 4.87. The van der Waals surface area contributed by atoms with Crippen LogP contribution in [0.1, 0.15) is 28.8 Å². The van der Waals surface area contributed by atoms with Crippen molar-refractivity contribution >= 4 is 16.1 Å². The third-order valence-corrected chi connectivity index (χ3v) is 7.03. The van der Waals surface area contributed by atoms with Crippen LogP contribution in [0.2, 0.25) is 0 Å². The lowest BCUT2D eigenvalue weighted by atomic mass is 9.94. The predicted molar refractivity (Wildman–Crippen MR) is 92.9 cm³/mol. The van der Waals surface area contributed by atoms with E-state index in [2.05, 4.69) is 0 Å². The highest BCUT2D eigenvalue weighted by Gasteiger charge is 2.41. The third-order valence-electron chi connectivity index (χ3n) is 5.16. The van der Waals surface area contributed by atoms with Crippen molar-refractivity contribution in [1.29, 1.82) is 0 Å². The fourth-order valence-electron chi connectivity index (χ4n) is 3.69. The van der Waals surface area contributed by atoms with Crippen molar-refractivity contribution in [2.45, 2.75) is 25.8 Å². The molecule has 0 aromatic heterocycles. The second kappa shape index (κ2) is 6.66. The number of hydrogen-bond donors (Lipinski definition) is 0. The van der Waals surface area contributed by atoms with Gasteiger partial charge in [-0.15, -0.1) is 0 Å². The maximum absolute atomic E-state index is 13.6.